The average Bonchev–Trinajstić information content (AvgIpc) is 2.87. The highest BCUT2D eigenvalue weighted by Gasteiger charge is 2.26. The Morgan fingerprint density at radius 2 is 2.15 bits per heavy atom. The van der Waals surface area contributed by atoms with Gasteiger partial charge >= 0.3 is 0 Å². The number of fused-ring (bicyclic) bond motifs is 1. The first kappa shape index (κ1) is 7.13. The topological polar surface area (TPSA) is 15.8 Å². The molecule has 66 valence electrons. The van der Waals surface area contributed by atoms with Crippen molar-refractivity contribution >= 4 is 10.9 Å². The smallest absolute Gasteiger partial charge is 0.147 e. The molecule has 1 heterocycles. The van der Waals surface area contributed by atoms with Gasteiger partial charge < -0.3 is 4.98 Å². The molecule has 2 heteroatoms. The number of halogens is 1. The molecule has 0 aliphatic heterocycles. The molecule has 1 fully saturated rings. The first-order valence-corrected chi connectivity index (χ1v) is 4.62. The normalized spacial score (nSPS) is 16.7. The summed E-state index contributed by atoms with van der Waals surface area (Å²) < 4.78 is 13.3. The van der Waals surface area contributed by atoms with E-state index in [0.717, 1.165) is 5.39 Å². The van der Waals surface area contributed by atoms with Crippen molar-refractivity contribution in [2.24, 2.45) is 0 Å². The maximum absolute atomic E-state index is 13.3. The van der Waals surface area contributed by atoms with Gasteiger partial charge in [0.15, 0.2) is 0 Å². The zero-order chi connectivity index (χ0) is 8.84. The fourth-order valence-electron chi connectivity index (χ4n) is 1.87. The fraction of sp³-hybridized carbons (Fsp3) is 0.273. The van der Waals surface area contributed by atoms with Crippen molar-refractivity contribution in [1.29, 1.82) is 0 Å². The monoisotopic (exact) mass is 175 g/mol. The lowest BCUT2D eigenvalue weighted by molar-refractivity contribution is 0.637. The van der Waals surface area contributed by atoms with E-state index in [1.54, 1.807) is 6.07 Å². The van der Waals surface area contributed by atoms with Crippen LogP contribution in [0.1, 0.15) is 24.3 Å². The standard InChI is InChI=1S/C11H10FN/c12-10-3-1-2-8-9(7-4-5-7)6-13-11(8)10/h1-3,6-7,13H,4-5H2. The molecule has 0 unspecified atom stereocenters. The molecule has 1 nitrogen and oxygen atoms in total. The Bertz CT molecular complexity index is 454. The lowest BCUT2D eigenvalue weighted by atomic mass is 10.1. The molecule has 13 heavy (non-hydrogen) atoms. The second-order valence-electron chi connectivity index (χ2n) is 3.68. The molecule has 1 aromatic carbocycles. The molecule has 1 N–H and O–H groups in total. The summed E-state index contributed by atoms with van der Waals surface area (Å²) in [6, 6.07) is 5.26. The van der Waals surface area contributed by atoms with Gasteiger partial charge in [-0.05, 0) is 30.4 Å². The van der Waals surface area contributed by atoms with Gasteiger partial charge in [-0.2, -0.15) is 0 Å². The van der Waals surface area contributed by atoms with E-state index in [2.05, 4.69) is 4.98 Å². The Kier molecular flexibility index (Phi) is 1.29. The van der Waals surface area contributed by atoms with Crippen LogP contribution in [0, 0.1) is 5.82 Å². The van der Waals surface area contributed by atoms with Gasteiger partial charge in [0.2, 0.25) is 0 Å². The molecule has 1 aromatic heterocycles. The van der Waals surface area contributed by atoms with E-state index in [1.807, 2.05) is 12.3 Å². The van der Waals surface area contributed by atoms with Crippen LogP contribution in [0.25, 0.3) is 10.9 Å². The maximum Gasteiger partial charge on any atom is 0.147 e. The lowest BCUT2D eigenvalue weighted by Crippen LogP contribution is -1.77. The number of aromatic nitrogens is 1. The third-order valence-corrected chi connectivity index (χ3v) is 2.71. The first-order chi connectivity index (χ1) is 6.36. The van der Waals surface area contributed by atoms with Gasteiger partial charge in [-0.3, -0.25) is 0 Å². The number of rotatable bonds is 1. The highest BCUT2D eigenvalue weighted by atomic mass is 19.1. The largest absolute Gasteiger partial charge is 0.359 e. The number of benzene rings is 1. The maximum atomic E-state index is 13.3. The number of hydrogen-bond acceptors (Lipinski definition) is 0. The van der Waals surface area contributed by atoms with Crippen LogP contribution < -0.4 is 0 Å². The van der Waals surface area contributed by atoms with E-state index in [9.17, 15) is 4.39 Å². The average molecular weight is 175 g/mol. The van der Waals surface area contributed by atoms with E-state index in [1.165, 1.54) is 24.5 Å². The van der Waals surface area contributed by atoms with Crippen molar-refractivity contribution < 1.29 is 4.39 Å². The van der Waals surface area contributed by atoms with E-state index >= 15 is 0 Å². The SMILES string of the molecule is Fc1cccc2c(C3CC3)c[nH]c12. The van der Waals surface area contributed by atoms with Crippen molar-refractivity contribution in [3.05, 3.63) is 35.8 Å². The molecular formula is C11H10FN. The number of para-hydroxylation sites is 1. The molecule has 1 aliphatic rings. The predicted octanol–water partition coefficient (Wildman–Crippen LogP) is 3.18. The minimum Gasteiger partial charge on any atom is -0.359 e. The minimum atomic E-state index is -0.149. The molecule has 3 rings (SSSR count). The molecule has 0 amide bonds. The summed E-state index contributed by atoms with van der Waals surface area (Å²) in [7, 11) is 0. The van der Waals surface area contributed by atoms with E-state index in [4.69, 9.17) is 0 Å². The van der Waals surface area contributed by atoms with E-state index < -0.39 is 0 Å². The van der Waals surface area contributed by atoms with Crippen molar-refractivity contribution in [2.75, 3.05) is 0 Å². The quantitative estimate of drug-likeness (QED) is 0.685. The van der Waals surface area contributed by atoms with Crippen molar-refractivity contribution in [3.63, 3.8) is 0 Å². The molecule has 0 spiro atoms. The molecule has 0 radical (unpaired) electrons. The van der Waals surface area contributed by atoms with Crippen LogP contribution >= 0.6 is 0 Å². The van der Waals surface area contributed by atoms with E-state index in [-0.39, 0.29) is 5.82 Å². The fourth-order valence-corrected chi connectivity index (χ4v) is 1.87. The van der Waals surface area contributed by atoms with Gasteiger partial charge in [0.05, 0.1) is 5.52 Å². The summed E-state index contributed by atoms with van der Waals surface area (Å²) in [6.07, 6.45) is 4.46. The Morgan fingerprint density at radius 1 is 1.31 bits per heavy atom. The summed E-state index contributed by atoms with van der Waals surface area (Å²) in [5, 5.41) is 1.06. The summed E-state index contributed by atoms with van der Waals surface area (Å²) in [6.45, 7) is 0. The molecule has 1 saturated carbocycles. The molecular weight excluding hydrogens is 165 g/mol. The highest BCUT2D eigenvalue weighted by Crippen LogP contribution is 2.43. The third-order valence-electron chi connectivity index (χ3n) is 2.71. The third kappa shape index (κ3) is 0.981. The van der Waals surface area contributed by atoms with Gasteiger partial charge in [0.25, 0.3) is 0 Å². The van der Waals surface area contributed by atoms with Crippen LogP contribution in [0.5, 0.6) is 0 Å². The molecule has 0 saturated heterocycles. The van der Waals surface area contributed by atoms with Crippen molar-refractivity contribution in [3.8, 4) is 0 Å². The Labute approximate surface area is 75.6 Å². The van der Waals surface area contributed by atoms with Crippen LogP contribution in [0.3, 0.4) is 0 Å². The van der Waals surface area contributed by atoms with Crippen LogP contribution in [-0.4, -0.2) is 4.98 Å². The van der Waals surface area contributed by atoms with Crippen LogP contribution in [-0.2, 0) is 0 Å². The van der Waals surface area contributed by atoms with Crippen LogP contribution in [0.2, 0.25) is 0 Å². The molecule has 0 atom stereocenters. The summed E-state index contributed by atoms with van der Waals surface area (Å²) in [5.41, 5.74) is 1.94. The lowest BCUT2D eigenvalue weighted by Gasteiger charge is -1.94. The zero-order valence-electron chi connectivity index (χ0n) is 7.18. The van der Waals surface area contributed by atoms with Crippen LogP contribution in [0.15, 0.2) is 24.4 Å². The van der Waals surface area contributed by atoms with Crippen molar-refractivity contribution in [1.82, 2.24) is 4.98 Å². The second kappa shape index (κ2) is 2.34. The summed E-state index contributed by atoms with van der Waals surface area (Å²) in [4.78, 5) is 3.00. The number of hydrogen-bond donors (Lipinski definition) is 1. The van der Waals surface area contributed by atoms with Gasteiger partial charge in [-0.15, -0.1) is 0 Å². The van der Waals surface area contributed by atoms with Gasteiger partial charge in [-0.25, -0.2) is 4.39 Å². The highest BCUT2D eigenvalue weighted by molar-refractivity contribution is 5.84. The minimum absolute atomic E-state index is 0.149. The first-order valence-electron chi connectivity index (χ1n) is 4.62. The second-order valence-corrected chi connectivity index (χ2v) is 3.68. The number of nitrogens with one attached hydrogen (secondary N) is 1. The van der Waals surface area contributed by atoms with Gasteiger partial charge in [0.1, 0.15) is 5.82 Å². The van der Waals surface area contributed by atoms with Gasteiger partial charge in [-0.1, -0.05) is 12.1 Å². The summed E-state index contributed by atoms with van der Waals surface area (Å²) in [5.74, 6) is 0.528. The Morgan fingerprint density at radius 3 is 2.92 bits per heavy atom. The number of aromatic amines is 1. The Balaban J connectivity index is 2.32. The molecule has 2 aromatic rings. The zero-order valence-corrected chi connectivity index (χ0v) is 7.18. The molecule has 0 bridgehead atoms. The summed E-state index contributed by atoms with van der Waals surface area (Å²) >= 11 is 0. The molecule has 1 aliphatic carbocycles. The predicted molar refractivity (Wildman–Crippen MR) is 50.2 cm³/mol. The van der Waals surface area contributed by atoms with Crippen LogP contribution in [0.4, 0.5) is 4.39 Å². The van der Waals surface area contributed by atoms with Gasteiger partial charge in [0, 0.05) is 11.6 Å². The van der Waals surface area contributed by atoms with Crippen molar-refractivity contribution in [2.45, 2.75) is 18.8 Å². The van der Waals surface area contributed by atoms with E-state index in [0.29, 0.717) is 11.4 Å². The number of H-pyrrole nitrogens is 1. The Hall–Kier alpha value is -1.31.